The van der Waals surface area contributed by atoms with Crippen molar-refractivity contribution in [1.29, 1.82) is 0 Å². The Balaban J connectivity index is 2.43. The molecule has 0 saturated carbocycles. The predicted molar refractivity (Wildman–Crippen MR) is 56.1 cm³/mol. The maximum absolute atomic E-state index is 8.77. The van der Waals surface area contributed by atoms with Gasteiger partial charge in [-0.3, -0.25) is 4.90 Å². The zero-order chi connectivity index (χ0) is 10.6. The smallest absolute Gasteiger partial charge is 0.0831 e. The van der Waals surface area contributed by atoms with Crippen molar-refractivity contribution in [2.45, 2.75) is 32.0 Å². The van der Waals surface area contributed by atoms with Crippen LogP contribution in [0.2, 0.25) is 0 Å². The Morgan fingerprint density at radius 2 is 2.29 bits per heavy atom. The second-order valence-electron chi connectivity index (χ2n) is 4.55. The number of aliphatic hydroxyl groups is 1. The Labute approximate surface area is 86.0 Å². The summed E-state index contributed by atoms with van der Waals surface area (Å²) in [5.41, 5.74) is 5.50. The van der Waals surface area contributed by atoms with Crippen molar-refractivity contribution in [2.24, 2.45) is 5.73 Å². The van der Waals surface area contributed by atoms with Crippen LogP contribution in [0.1, 0.15) is 20.3 Å². The largest absolute Gasteiger partial charge is 0.396 e. The van der Waals surface area contributed by atoms with Crippen molar-refractivity contribution in [3.8, 4) is 0 Å². The first-order chi connectivity index (χ1) is 6.57. The summed E-state index contributed by atoms with van der Waals surface area (Å²) >= 11 is 0. The monoisotopic (exact) mass is 202 g/mol. The van der Waals surface area contributed by atoms with Crippen LogP contribution in [0.15, 0.2) is 0 Å². The van der Waals surface area contributed by atoms with Gasteiger partial charge in [0.15, 0.2) is 0 Å². The van der Waals surface area contributed by atoms with E-state index >= 15 is 0 Å². The molecule has 1 rings (SSSR count). The van der Waals surface area contributed by atoms with Gasteiger partial charge in [-0.2, -0.15) is 0 Å². The number of morpholine rings is 1. The van der Waals surface area contributed by atoms with E-state index in [1.165, 1.54) is 0 Å². The van der Waals surface area contributed by atoms with Gasteiger partial charge in [-0.25, -0.2) is 0 Å². The Morgan fingerprint density at radius 1 is 1.57 bits per heavy atom. The molecule has 1 fully saturated rings. The van der Waals surface area contributed by atoms with Crippen LogP contribution < -0.4 is 5.73 Å². The van der Waals surface area contributed by atoms with Crippen molar-refractivity contribution in [1.82, 2.24) is 4.90 Å². The van der Waals surface area contributed by atoms with Crippen molar-refractivity contribution in [3.05, 3.63) is 0 Å². The first-order valence-corrected chi connectivity index (χ1v) is 5.28. The van der Waals surface area contributed by atoms with Crippen molar-refractivity contribution >= 4 is 0 Å². The van der Waals surface area contributed by atoms with Crippen molar-refractivity contribution < 1.29 is 9.84 Å². The highest BCUT2D eigenvalue weighted by Gasteiger charge is 2.32. The summed E-state index contributed by atoms with van der Waals surface area (Å²) < 4.78 is 5.80. The summed E-state index contributed by atoms with van der Waals surface area (Å²) in [7, 11) is 0. The first kappa shape index (κ1) is 11.9. The van der Waals surface area contributed by atoms with E-state index in [0.717, 1.165) is 26.1 Å². The minimum atomic E-state index is -0.113. The molecule has 84 valence electrons. The molecule has 4 nitrogen and oxygen atoms in total. The minimum absolute atomic E-state index is 0.113. The molecule has 0 aromatic rings. The Bertz CT molecular complexity index is 174. The van der Waals surface area contributed by atoms with Gasteiger partial charge in [0.25, 0.3) is 0 Å². The lowest BCUT2D eigenvalue weighted by atomic mass is 10.0. The molecule has 1 heterocycles. The van der Waals surface area contributed by atoms with Gasteiger partial charge < -0.3 is 15.6 Å². The van der Waals surface area contributed by atoms with Gasteiger partial charge in [-0.15, -0.1) is 0 Å². The highest BCUT2D eigenvalue weighted by atomic mass is 16.5. The van der Waals surface area contributed by atoms with Crippen molar-refractivity contribution in [3.63, 3.8) is 0 Å². The van der Waals surface area contributed by atoms with E-state index in [2.05, 4.69) is 18.7 Å². The van der Waals surface area contributed by atoms with Crippen LogP contribution in [-0.2, 0) is 4.74 Å². The number of nitrogens with zero attached hydrogens (tertiary/aromatic N) is 1. The zero-order valence-electron chi connectivity index (χ0n) is 9.20. The molecule has 3 N–H and O–H groups in total. The molecule has 0 bridgehead atoms. The highest BCUT2D eigenvalue weighted by molar-refractivity contribution is 4.84. The quantitative estimate of drug-likeness (QED) is 0.663. The molecule has 0 aromatic carbocycles. The van der Waals surface area contributed by atoms with Gasteiger partial charge in [-0.1, -0.05) is 0 Å². The number of hydrogen-bond acceptors (Lipinski definition) is 4. The number of aliphatic hydroxyl groups excluding tert-OH is 1. The lowest BCUT2D eigenvalue weighted by Crippen LogP contribution is -2.54. The van der Waals surface area contributed by atoms with Crippen LogP contribution >= 0.6 is 0 Å². The van der Waals surface area contributed by atoms with Gasteiger partial charge in [0.2, 0.25) is 0 Å². The van der Waals surface area contributed by atoms with Gasteiger partial charge in [0, 0.05) is 32.8 Å². The van der Waals surface area contributed by atoms with Crippen LogP contribution in [0.4, 0.5) is 0 Å². The van der Waals surface area contributed by atoms with Crippen LogP contribution in [0, 0.1) is 0 Å². The number of nitrogens with two attached hydrogens (primary N) is 1. The molecular formula is C10H22N2O2. The average Bonchev–Trinajstić information content (AvgIpc) is 2.12. The molecule has 1 aliphatic heterocycles. The fraction of sp³-hybridized carbons (Fsp3) is 1.00. The van der Waals surface area contributed by atoms with E-state index < -0.39 is 0 Å². The molecule has 1 unspecified atom stereocenters. The average molecular weight is 202 g/mol. The van der Waals surface area contributed by atoms with Gasteiger partial charge in [-0.05, 0) is 20.3 Å². The van der Waals surface area contributed by atoms with Gasteiger partial charge in [0.05, 0.1) is 11.7 Å². The lowest BCUT2D eigenvalue weighted by Gasteiger charge is -2.42. The van der Waals surface area contributed by atoms with Crippen LogP contribution in [0.3, 0.4) is 0 Å². The van der Waals surface area contributed by atoms with E-state index in [1.54, 1.807) is 0 Å². The number of ether oxygens (including phenoxy) is 1. The molecule has 1 aliphatic rings. The Hall–Kier alpha value is -0.160. The fourth-order valence-electron chi connectivity index (χ4n) is 2.00. The second-order valence-corrected chi connectivity index (χ2v) is 4.55. The molecule has 14 heavy (non-hydrogen) atoms. The third-order valence-corrected chi connectivity index (χ3v) is 2.45. The minimum Gasteiger partial charge on any atom is -0.396 e. The summed E-state index contributed by atoms with van der Waals surface area (Å²) in [6.07, 6.45) is 0.963. The maximum Gasteiger partial charge on any atom is 0.0831 e. The first-order valence-electron chi connectivity index (χ1n) is 5.28. The topological polar surface area (TPSA) is 58.7 Å². The summed E-state index contributed by atoms with van der Waals surface area (Å²) in [5, 5.41) is 8.77. The summed E-state index contributed by atoms with van der Waals surface area (Å²) in [5.74, 6) is 0. The van der Waals surface area contributed by atoms with Gasteiger partial charge in [0.1, 0.15) is 0 Å². The third-order valence-electron chi connectivity index (χ3n) is 2.45. The molecule has 0 amide bonds. The van der Waals surface area contributed by atoms with Crippen LogP contribution in [-0.4, -0.2) is 54.5 Å². The van der Waals surface area contributed by atoms with E-state index in [4.69, 9.17) is 15.6 Å². The Kier molecular flexibility index (Phi) is 4.31. The molecule has 4 heteroatoms. The Morgan fingerprint density at radius 3 is 2.86 bits per heavy atom. The highest BCUT2D eigenvalue weighted by Crippen LogP contribution is 2.20. The molecular weight excluding hydrogens is 180 g/mol. The predicted octanol–water partition coefficient (Wildman–Crippen LogP) is -0.193. The molecule has 0 spiro atoms. The summed E-state index contributed by atoms with van der Waals surface area (Å²) in [6.45, 7) is 7.73. The second kappa shape index (κ2) is 5.07. The molecule has 0 aliphatic carbocycles. The zero-order valence-corrected chi connectivity index (χ0v) is 9.20. The maximum atomic E-state index is 8.77. The fourth-order valence-corrected chi connectivity index (χ4v) is 2.00. The third kappa shape index (κ3) is 3.53. The molecule has 0 radical (unpaired) electrons. The van der Waals surface area contributed by atoms with Crippen LogP contribution in [0.5, 0.6) is 0 Å². The number of rotatable bonds is 4. The SMILES string of the molecule is CC1(C)CN(CCCO)CC(CN)O1. The standard InChI is InChI=1S/C10H22N2O2/c1-10(2)8-12(4-3-5-13)7-9(6-11)14-10/h9,13H,3-8,11H2,1-2H3. The van der Waals surface area contributed by atoms with E-state index in [0.29, 0.717) is 6.54 Å². The molecule has 1 atom stereocenters. The van der Waals surface area contributed by atoms with Crippen molar-refractivity contribution in [2.75, 3.05) is 32.8 Å². The van der Waals surface area contributed by atoms with Crippen LogP contribution in [0.25, 0.3) is 0 Å². The van der Waals surface area contributed by atoms with E-state index in [-0.39, 0.29) is 18.3 Å². The summed E-state index contributed by atoms with van der Waals surface area (Å²) in [4.78, 5) is 2.32. The molecule has 0 aromatic heterocycles. The summed E-state index contributed by atoms with van der Waals surface area (Å²) in [6, 6.07) is 0. The lowest BCUT2D eigenvalue weighted by molar-refractivity contribution is -0.132. The molecule has 1 saturated heterocycles. The van der Waals surface area contributed by atoms with E-state index in [9.17, 15) is 0 Å². The van der Waals surface area contributed by atoms with E-state index in [1.807, 2.05) is 0 Å². The van der Waals surface area contributed by atoms with Gasteiger partial charge >= 0.3 is 0 Å². The normalized spacial score (nSPS) is 27.9. The number of hydrogen-bond donors (Lipinski definition) is 2.